The van der Waals surface area contributed by atoms with Gasteiger partial charge in [-0.25, -0.2) is 4.79 Å². The molecule has 3 rings (SSSR count). The molecular formula is C20H21N3O3. The highest BCUT2D eigenvalue weighted by atomic mass is 16.5. The number of ether oxygens (including phenoxy) is 1. The summed E-state index contributed by atoms with van der Waals surface area (Å²) in [5.41, 5.74) is 3.50. The largest absolute Gasteiger partial charge is 0.497 e. The van der Waals surface area contributed by atoms with Crippen LogP contribution in [0.4, 0.5) is 10.5 Å². The number of urea groups is 1. The molecule has 0 aliphatic carbocycles. The zero-order valence-electron chi connectivity index (χ0n) is 14.9. The molecule has 0 radical (unpaired) electrons. The summed E-state index contributed by atoms with van der Waals surface area (Å²) in [6.45, 7) is 3.65. The lowest BCUT2D eigenvalue weighted by Gasteiger charge is -2.29. The summed E-state index contributed by atoms with van der Waals surface area (Å²) in [5, 5.41) is 8.43. The first-order valence-electron chi connectivity index (χ1n) is 8.29. The standard InChI is InChI=1S/C20H21N3O3/c1-12-6-4-5-7-16(12)22-19(24)17-13(2)21-20(25)23-18(17)14-8-10-15(26-3)11-9-14/h4-11,18H,1-3H3,(H,22,24)(H2,21,23,25)/t18-/m1/s1. The molecule has 6 nitrogen and oxygen atoms in total. The minimum Gasteiger partial charge on any atom is -0.497 e. The van der Waals surface area contributed by atoms with Gasteiger partial charge in [-0.2, -0.15) is 0 Å². The van der Waals surface area contributed by atoms with E-state index in [-0.39, 0.29) is 11.9 Å². The molecule has 0 aromatic heterocycles. The molecule has 0 spiro atoms. The second-order valence-corrected chi connectivity index (χ2v) is 6.11. The van der Waals surface area contributed by atoms with Crippen molar-refractivity contribution in [2.75, 3.05) is 12.4 Å². The number of carbonyl (C=O) groups is 2. The van der Waals surface area contributed by atoms with Gasteiger partial charge in [0.05, 0.1) is 18.7 Å². The fourth-order valence-electron chi connectivity index (χ4n) is 2.94. The topological polar surface area (TPSA) is 79.5 Å². The Hall–Kier alpha value is -3.28. The van der Waals surface area contributed by atoms with E-state index in [0.29, 0.717) is 17.0 Å². The Bertz CT molecular complexity index is 872. The Morgan fingerprint density at radius 1 is 1.08 bits per heavy atom. The smallest absolute Gasteiger partial charge is 0.319 e. The summed E-state index contributed by atoms with van der Waals surface area (Å²) in [6, 6.07) is 14.0. The molecule has 1 aliphatic rings. The summed E-state index contributed by atoms with van der Waals surface area (Å²) in [4.78, 5) is 24.9. The maximum absolute atomic E-state index is 13.0. The fourth-order valence-corrected chi connectivity index (χ4v) is 2.94. The van der Waals surface area contributed by atoms with Crippen molar-refractivity contribution in [2.45, 2.75) is 19.9 Å². The van der Waals surface area contributed by atoms with Crippen LogP contribution in [0.3, 0.4) is 0 Å². The molecular weight excluding hydrogens is 330 g/mol. The van der Waals surface area contributed by atoms with E-state index in [1.165, 1.54) is 0 Å². The number of carbonyl (C=O) groups excluding carboxylic acids is 2. The van der Waals surface area contributed by atoms with Crippen LogP contribution in [-0.4, -0.2) is 19.0 Å². The number of benzene rings is 2. The predicted octanol–water partition coefficient (Wildman–Crippen LogP) is 3.27. The molecule has 0 fully saturated rings. The first-order chi connectivity index (χ1) is 12.5. The van der Waals surface area contributed by atoms with Crippen molar-refractivity contribution in [3.8, 4) is 5.75 Å². The Morgan fingerprint density at radius 2 is 1.77 bits per heavy atom. The number of methoxy groups -OCH3 is 1. The van der Waals surface area contributed by atoms with Gasteiger partial charge in [-0.15, -0.1) is 0 Å². The summed E-state index contributed by atoms with van der Waals surface area (Å²) >= 11 is 0. The number of hydrogen-bond acceptors (Lipinski definition) is 3. The van der Waals surface area contributed by atoms with E-state index in [9.17, 15) is 9.59 Å². The molecule has 0 saturated carbocycles. The van der Waals surface area contributed by atoms with E-state index >= 15 is 0 Å². The van der Waals surface area contributed by atoms with Gasteiger partial charge in [-0.05, 0) is 43.2 Å². The average molecular weight is 351 g/mol. The second kappa shape index (κ2) is 7.31. The maximum atomic E-state index is 13.0. The first-order valence-corrected chi connectivity index (χ1v) is 8.29. The molecule has 2 aromatic carbocycles. The molecule has 1 heterocycles. The normalized spacial score (nSPS) is 16.6. The van der Waals surface area contributed by atoms with Crippen molar-refractivity contribution in [3.05, 3.63) is 70.9 Å². The molecule has 0 unspecified atom stereocenters. The van der Waals surface area contributed by atoms with Crippen LogP contribution in [0, 0.1) is 6.92 Å². The van der Waals surface area contributed by atoms with Gasteiger partial charge in [0.1, 0.15) is 5.75 Å². The lowest BCUT2D eigenvalue weighted by Crippen LogP contribution is -2.46. The Kier molecular flexibility index (Phi) is 4.93. The lowest BCUT2D eigenvalue weighted by molar-refractivity contribution is -0.113. The Balaban J connectivity index is 1.94. The van der Waals surface area contributed by atoms with Gasteiger partial charge in [0.25, 0.3) is 5.91 Å². The van der Waals surface area contributed by atoms with Crippen molar-refractivity contribution in [1.29, 1.82) is 0 Å². The highest BCUT2D eigenvalue weighted by Crippen LogP contribution is 2.29. The van der Waals surface area contributed by atoms with Crippen LogP contribution in [0.25, 0.3) is 0 Å². The molecule has 0 bridgehead atoms. The monoisotopic (exact) mass is 351 g/mol. The Labute approximate surface area is 152 Å². The second-order valence-electron chi connectivity index (χ2n) is 6.11. The van der Waals surface area contributed by atoms with Gasteiger partial charge in [0.15, 0.2) is 0 Å². The van der Waals surface area contributed by atoms with E-state index in [2.05, 4.69) is 16.0 Å². The van der Waals surface area contributed by atoms with Crippen molar-refractivity contribution < 1.29 is 14.3 Å². The van der Waals surface area contributed by atoms with E-state index in [1.54, 1.807) is 26.2 Å². The number of nitrogens with one attached hydrogen (secondary N) is 3. The number of para-hydroxylation sites is 1. The summed E-state index contributed by atoms with van der Waals surface area (Å²) in [6.07, 6.45) is 0. The van der Waals surface area contributed by atoms with E-state index in [1.807, 2.05) is 43.3 Å². The first kappa shape index (κ1) is 17.5. The number of hydrogen-bond donors (Lipinski definition) is 3. The van der Waals surface area contributed by atoms with E-state index in [0.717, 1.165) is 16.8 Å². The number of allylic oxidation sites excluding steroid dienone is 1. The van der Waals surface area contributed by atoms with Gasteiger partial charge in [0, 0.05) is 11.4 Å². The molecule has 3 amide bonds. The predicted molar refractivity (Wildman–Crippen MR) is 99.9 cm³/mol. The SMILES string of the molecule is COc1ccc([C@H]2NC(=O)NC(C)=C2C(=O)Nc2ccccc2C)cc1. The van der Waals surface area contributed by atoms with Gasteiger partial charge in [0.2, 0.25) is 0 Å². The minimum absolute atomic E-state index is 0.259. The van der Waals surface area contributed by atoms with E-state index < -0.39 is 6.04 Å². The van der Waals surface area contributed by atoms with Gasteiger partial charge >= 0.3 is 6.03 Å². The number of rotatable bonds is 4. The van der Waals surface area contributed by atoms with Crippen LogP contribution in [-0.2, 0) is 4.79 Å². The van der Waals surface area contributed by atoms with Crippen LogP contribution in [0.2, 0.25) is 0 Å². The van der Waals surface area contributed by atoms with Gasteiger partial charge < -0.3 is 20.7 Å². The van der Waals surface area contributed by atoms with Gasteiger partial charge in [-0.3, -0.25) is 4.79 Å². The molecule has 3 N–H and O–H groups in total. The van der Waals surface area contributed by atoms with Gasteiger partial charge in [-0.1, -0.05) is 30.3 Å². The fraction of sp³-hybridized carbons (Fsp3) is 0.200. The molecule has 1 aliphatic heterocycles. The molecule has 0 saturated heterocycles. The lowest BCUT2D eigenvalue weighted by atomic mass is 9.94. The van der Waals surface area contributed by atoms with Crippen molar-refractivity contribution >= 4 is 17.6 Å². The third-order valence-corrected chi connectivity index (χ3v) is 4.36. The summed E-state index contributed by atoms with van der Waals surface area (Å²) in [5.74, 6) is 0.450. The zero-order valence-corrected chi connectivity index (χ0v) is 14.9. The third kappa shape index (κ3) is 3.54. The molecule has 6 heteroatoms. The Morgan fingerprint density at radius 3 is 2.42 bits per heavy atom. The van der Waals surface area contributed by atoms with Crippen LogP contribution in [0.15, 0.2) is 59.8 Å². The van der Waals surface area contributed by atoms with Crippen LogP contribution < -0.4 is 20.7 Å². The summed E-state index contributed by atoms with van der Waals surface area (Å²) < 4.78 is 5.17. The zero-order chi connectivity index (χ0) is 18.7. The average Bonchev–Trinajstić information content (AvgIpc) is 2.63. The molecule has 2 aromatic rings. The van der Waals surface area contributed by atoms with Crippen molar-refractivity contribution in [1.82, 2.24) is 10.6 Å². The summed E-state index contributed by atoms with van der Waals surface area (Å²) in [7, 11) is 1.59. The molecule has 134 valence electrons. The van der Waals surface area contributed by atoms with Crippen molar-refractivity contribution in [2.24, 2.45) is 0 Å². The quantitative estimate of drug-likeness (QED) is 0.791. The highest BCUT2D eigenvalue weighted by molar-refractivity contribution is 6.07. The van der Waals surface area contributed by atoms with Crippen LogP contribution in [0.1, 0.15) is 24.1 Å². The number of aryl methyl sites for hydroxylation is 1. The maximum Gasteiger partial charge on any atom is 0.319 e. The highest BCUT2D eigenvalue weighted by Gasteiger charge is 2.31. The third-order valence-electron chi connectivity index (χ3n) is 4.36. The minimum atomic E-state index is -0.543. The molecule has 1 atom stereocenters. The number of amides is 3. The van der Waals surface area contributed by atoms with Crippen molar-refractivity contribution in [3.63, 3.8) is 0 Å². The van der Waals surface area contributed by atoms with E-state index in [4.69, 9.17) is 4.74 Å². The number of anilines is 1. The van der Waals surface area contributed by atoms with Crippen LogP contribution >= 0.6 is 0 Å². The molecule has 26 heavy (non-hydrogen) atoms. The van der Waals surface area contributed by atoms with Crippen LogP contribution in [0.5, 0.6) is 5.75 Å².